The van der Waals surface area contributed by atoms with Gasteiger partial charge in [0.15, 0.2) is 6.54 Å². The summed E-state index contributed by atoms with van der Waals surface area (Å²) in [6, 6.07) is 8.28. The number of piperazine rings is 1. The predicted molar refractivity (Wildman–Crippen MR) is 110 cm³/mol. The maximum Gasteiger partial charge on any atom is 0.275 e. The molecule has 1 heterocycles. The van der Waals surface area contributed by atoms with Crippen molar-refractivity contribution in [1.82, 2.24) is 5.32 Å². The zero-order valence-corrected chi connectivity index (χ0v) is 17.1. The molecule has 2 N–H and O–H groups in total. The van der Waals surface area contributed by atoms with Crippen LogP contribution in [0.4, 0.5) is 5.69 Å². The number of quaternary nitrogens is 1. The van der Waals surface area contributed by atoms with Crippen molar-refractivity contribution in [1.29, 1.82) is 0 Å². The number of methoxy groups -OCH3 is 1. The van der Waals surface area contributed by atoms with Gasteiger partial charge in [-0.05, 0) is 68.4 Å². The Kier molecular flexibility index (Phi) is 4.74. The van der Waals surface area contributed by atoms with E-state index in [2.05, 4.69) is 22.3 Å². The lowest BCUT2D eigenvalue weighted by atomic mass is 9.53. The normalized spacial score (nSPS) is 34.5. The summed E-state index contributed by atoms with van der Waals surface area (Å²) in [5.41, 5.74) is 1.37. The molecular weight excluding hydrogens is 350 g/mol. The zero-order chi connectivity index (χ0) is 19.1. The van der Waals surface area contributed by atoms with Crippen molar-refractivity contribution in [2.45, 2.75) is 44.1 Å². The molecule has 5 fully saturated rings. The lowest BCUT2D eigenvalue weighted by Gasteiger charge is -2.56. The Morgan fingerprint density at radius 2 is 1.79 bits per heavy atom. The first-order valence-corrected chi connectivity index (χ1v) is 11.1. The van der Waals surface area contributed by atoms with Gasteiger partial charge in [-0.2, -0.15) is 0 Å². The zero-order valence-electron chi connectivity index (χ0n) is 17.1. The van der Waals surface area contributed by atoms with Crippen LogP contribution in [0.3, 0.4) is 0 Å². The molecule has 0 aromatic heterocycles. The SMILES string of the molecule is COc1cccc(N2CC[NH+](CC(=O)NC34CC5CC(CC(C5)C3)C4)CC2)c1. The lowest BCUT2D eigenvalue weighted by Crippen LogP contribution is -3.16. The second-order valence-corrected chi connectivity index (χ2v) is 9.86. The van der Waals surface area contributed by atoms with Gasteiger partial charge in [-0.1, -0.05) is 6.07 Å². The van der Waals surface area contributed by atoms with Gasteiger partial charge >= 0.3 is 0 Å². The van der Waals surface area contributed by atoms with Gasteiger partial charge in [0.1, 0.15) is 5.75 Å². The molecule has 0 atom stereocenters. The molecule has 5 heteroatoms. The van der Waals surface area contributed by atoms with E-state index in [9.17, 15) is 4.79 Å². The van der Waals surface area contributed by atoms with E-state index < -0.39 is 0 Å². The quantitative estimate of drug-likeness (QED) is 0.809. The number of carbonyl (C=O) groups is 1. The highest BCUT2D eigenvalue weighted by atomic mass is 16.5. The molecule has 28 heavy (non-hydrogen) atoms. The minimum Gasteiger partial charge on any atom is -0.497 e. The van der Waals surface area contributed by atoms with Crippen molar-refractivity contribution < 1.29 is 14.4 Å². The summed E-state index contributed by atoms with van der Waals surface area (Å²) in [6.07, 6.45) is 7.99. The topological polar surface area (TPSA) is 46.0 Å². The van der Waals surface area contributed by atoms with E-state index in [4.69, 9.17) is 4.74 Å². The number of hydrogen-bond acceptors (Lipinski definition) is 3. The number of ether oxygens (including phenoxy) is 1. The molecule has 5 aliphatic rings. The van der Waals surface area contributed by atoms with E-state index >= 15 is 0 Å². The summed E-state index contributed by atoms with van der Waals surface area (Å²) in [4.78, 5) is 16.7. The molecule has 1 aromatic carbocycles. The predicted octanol–water partition coefficient (Wildman–Crippen LogP) is 1.49. The van der Waals surface area contributed by atoms with Crippen LogP contribution in [0.1, 0.15) is 38.5 Å². The number of rotatable bonds is 5. The van der Waals surface area contributed by atoms with Crippen LogP contribution in [0.2, 0.25) is 0 Å². The number of amides is 1. The molecule has 0 radical (unpaired) electrons. The molecule has 152 valence electrons. The molecule has 0 spiro atoms. The monoisotopic (exact) mass is 384 g/mol. The molecule has 1 aliphatic heterocycles. The Balaban J connectivity index is 1.13. The van der Waals surface area contributed by atoms with Crippen LogP contribution in [-0.2, 0) is 4.79 Å². The van der Waals surface area contributed by atoms with Gasteiger partial charge in [-0.15, -0.1) is 0 Å². The molecule has 4 bridgehead atoms. The first kappa shape index (κ1) is 18.3. The number of benzene rings is 1. The number of nitrogens with zero attached hydrogens (tertiary/aromatic N) is 1. The molecular formula is C23H34N3O2+. The van der Waals surface area contributed by atoms with Crippen molar-refractivity contribution >= 4 is 11.6 Å². The van der Waals surface area contributed by atoms with Gasteiger partial charge in [0, 0.05) is 17.3 Å². The molecule has 4 saturated carbocycles. The minimum absolute atomic E-state index is 0.147. The van der Waals surface area contributed by atoms with Crippen LogP contribution >= 0.6 is 0 Å². The first-order chi connectivity index (χ1) is 13.6. The van der Waals surface area contributed by atoms with Crippen molar-refractivity contribution in [2.24, 2.45) is 17.8 Å². The van der Waals surface area contributed by atoms with Crippen LogP contribution in [0.25, 0.3) is 0 Å². The third-order valence-corrected chi connectivity index (χ3v) is 7.74. The van der Waals surface area contributed by atoms with Gasteiger partial charge in [0.05, 0.1) is 33.3 Å². The van der Waals surface area contributed by atoms with Crippen LogP contribution in [0.15, 0.2) is 24.3 Å². The number of anilines is 1. The molecule has 1 aromatic rings. The fourth-order valence-electron chi connectivity index (χ4n) is 6.90. The standard InChI is InChI=1S/C23H33N3O2/c1-28-21-4-2-3-20(12-21)26-7-5-25(6-8-26)16-22(27)24-23-13-17-9-18(14-23)11-19(10-17)15-23/h2-4,12,17-19H,5-11,13-16H2,1H3,(H,24,27)/p+1. The lowest BCUT2D eigenvalue weighted by molar-refractivity contribution is -0.892. The Hall–Kier alpha value is -1.75. The van der Waals surface area contributed by atoms with Gasteiger partial charge in [-0.25, -0.2) is 0 Å². The molecule has 6 rings (SSSR count). The Bertz CT molecular complexity index is 691. The van der Waals surface area contributed by atoms with Crippen molar-refractivity contribution in [3.05, 3.63) is 24.3 Å². The Morgan fingerprint density at radius 3 is 2.39 bits per heavy atom. The summed E-state index contributed by atoms with van der Waals surface area (Å²) in [6.45, 7) is 4.66. The van der Waals surface area contributed by atoms with E-state index in [1.54, 1.807) is 7.11 Å². The number of hydrogen-bond donors (Lipinski definition) is 2. The fraction of sp³-hybridized carbons (Fsp3) is 0.696. The van der Waals surface area contributed by atoms with Crippen LogP contribution in [0.5, 0.6) is 5.75 Å². The summed E-state index contributed by atoms with van der Waals surface area (Å²) in [7, 11) is 1.71. The maximum atomic E-state index is 12.9. The van der Waals surface area contributed by atoms with Gasteiger partial charge < -0.3 is 19.9 Å². The first-order valence-electron chi connectivity index (χ1n) is 11.1. The summed E-state index contributed by atoms with van der Waals surface area (Å²) in [5, 5.41) is 3.54. The smallest absolute Gasteiger partial charge is 0.275 e. The maximum absolute atomic E-state index is 12.9. The fourth-order valence-corrected chi connectivity index (χ4v) is 6.90. The van der Waals surface area contributed by atoms with Crippen LogP contribution in [0, 0.1) is 17.8 Å². The Labute approximate surface area is 168 Å². The molecule has 0 unspecified atom stereocenters. The second kappa shape index (κ2) is 7.25. The van der Waals surface area contributed by atoms with Gasteiger partial charge in [-0.3, -0.25) is 4.79 Å². The van der Waals surface area contributed by atoms with Crippen LogP contribution in [-0.4, -0.2) is 51.3 Å². The summed E-state index contributed by atoms with van der Waals surface area (Å²) < 4.78 is 5.35. The van der Waals surface area contributed by atoms with Gasteiger partial charge in [0.25, 0.3) is 5.91 Å². The molecule has 1 amide bonds. The molecule has 4 aliphatic carbocycles. The van der Waals surface area contributed by atoms with E-state index in [1.807, 2.05) is 12.1 Å². The van der Waals surface area contributed by atoms with Crippen molar-refractivity contribution in [3.63, 3.8) is 0 Å². The average Bonchev–Trinajstić information content (AvgIpc) is 2.67. The molecule has 5 nitrogen and oxygen atoms in total. The minimum atomic E-state index is 0.147. The van der Waals surface area contributed by atoms with Crippen molar-refractivity contribution in [3.8, 4) is 5.75 Å². The van der Waals surface area contributed by atoms with Gasteiger partial charge in [0.2, 0.25) is 0 Å². The number of carbonyl (C=O) groups excluding carboxylic acids is 1. The highest BCUT2D eigenvalue weighted by molar-refractivity contribution is 5.77. The molecule has 1 saturated heterocycles. The second-order valence-electron chi connectivity index (χ2n) is 9.86. The van der Waals surface area contributed by atoms with E-state index in [-0.39, 0.29) is 11.4 Å². The highest BCUT2D eigenvalue weighted by Gasteiger charge is 2.51. The van der Waals surface area contributed by atoms with Crippen LogP contribution < -0.4 is 19.9 Å². The number of nitrogens with one attached hydrogen (secondary N) is 2. The third-order valence-electron chi connectivity index (χ3n) is 7.74. The largest absolute Gasteiger partial charge is 0.497 e. The summed E-state index contributed by atoms with van der Waals surface area (Å²) >= 11 is 0. The van der Waals surface area contributed by atoms with E-state index in [0.29, 0.717) is 6.54 Å². The van der Waals surface area contributed by atoms with E-state index in [0.717, 1.165) is 49.7 Å². The average molecular weight is 385 g/mol. The Morgan fingerprint density at radius 1 is 1.14 bits per heavy atom. The highest BCUT2D eigenvalue weighted by Crippen LogP contribution is 2.55. The third kappa shape index (κ3) is 3.61. The van der Waals surface area contributed by atoms with E-state index in [1.165, 1.54) is 49.1 Å². The summed E-state index contributed by atoms with van der Waals surface area (Å²) in [5.74, 6) is 3.83. The van der Waals surface area contributed by atoms with Crippen molar-refractivity contribution in [2.75, 3.05) is 44.7 Å².